The Kier molecular flexibility index (Phi) is 3.62. The van der Waals surface area contributed by atoms with Crippen molar-refractivity contribution in [2.24, 2.45) is 0 Å². The highest BCUT2D eigenvalue weighted by Gasteiger charge is 2.20. The first-order chi connectivity index (χ1) is 6.61. The van der Waals surface area contributed by atoms with Crippen LogP contribution >= 0.6 is 15.9 Å². The highest BCUT2D eigenvalue weighted by molar-refractivity contribution is 9.08. The molecule has 0 unspecified atom stereocenters. The third-order valence-corrected chi connectivity index (χ3v) is 2.33. The Morgan fingerprint density at radius 3 is 2.71 bits per heavy atom. The van der Waals surface area contributed by atoms with E-state index in [0.29, 0.717) is 10.9 Å². The molecular formula is C8H8BrF2NO2. The predicted molar refractivity (Wildman–Crippen MR) is 51.2 cm³/mol. The molecule has 0 radical (unpaired) electrons. The molecule has 1 aromatic heterocycles. The lowest BCUT2D eigenvalue weighted by Crippen LogP contribution is -2.15. The average Bonchev–Trinajstić information content (AvgIpc) is 2.16. The number of pyridine rings is 1. The summed E-state index contributed by atoms with van der Waals surface area (Å²) in [7, 11) is 1.26. The number of rotatable bonds is 3. The molecule has 1 heterocycles. The van der Waals surface area contributed by atoms with Crippen LogP contribution in [0.15, 0.2) is 11.0 Å². The standard InChI is InChI=1S/C8H8BrF2NO2/c1-14-6-4(2-9)3-12-8(13)5(6)7(10)11/h3,7H,2H2,1H3,(H,12,13). The summed E-state index contributed by atoms with van der Waals surface area (Å²) in [5.41, 5.74) is -0.951. The first-order valence-corrected chi connectivity index (χ1v) is 4.86. The monoisotopic (exact) mass is 267 g/mol. The Labute approximate surface area is 87.2 Å². The largest absolute Gasteiger partial charge is 0.496 e. The van der Waals surface area contributed by atoms with Gasteiger partial charge in [0.05, 0.1) is 7.11 Å². The molecule has 0 amide bonds. The molecule has 0 aromatic carbocycles. The van der Waals surface area contributed by atoms with Crippen LogP contribution in [0.25, 0.3) is 0 Å². The van der Waals surface area contributed by atoms with Crippen LogP contribution < -0.4 is 10.3 Å². The quantitative estimate of drug-likeness (QED) is 0.854. The molecule has 6 heteroatoms. The lowest BCUT2D eigenvalue weighted by Gasteiger charge is -2.09. The van der Waals surface area contributed by atoms with Gasteiger partial charge in [-0.05, 0) is 0 Å². The number of hydrogen-bond donors (Lipinski definition) is 1. The van der Waals surface area contributed by atoms with Crippen LogP contribution in [-0.4, -0.2) is 12.1 Å². The van der Waals surface area contributed by atoms with E-state index in [1.54, 1.807) is 0 Å². The van der Waals surface area contributed by atoms with Crippen molar-refractivity contribution in [2.45, 2.75) is 11.8 Å². The normalized spacial score (nSPS) is 10.6. The lowest BCUT2D eigenvalue weighted by molar-refractivity contribution is 0.145. The molecule has 0 bridgehead atoms. The van der Waals surface area contributed by atoms with Gasteiger partial charge in [0.15, 0.2) is 0 Å². The maximum atomic E-state index is 12.5. The van der Waals surface area contributed by atoms with E-state index in [4.69, 9.17) is 4.74 Å². The van der Waals surface area contributed by atoms with E-state index in [0.717, 1.165) is 0 Å². The van der Waals surface area contributed by atoms with Crippen LogP contribution in [0.2, 0.25) is 0 Å². The second kappa shape index (κ2) is 4.54. The van der Waals surface area contributed by atoms with Crippen molar-refractivity contribution in [1.29, 1.82) is 0 Å². The Bertz CT molecular complexity index is 378. The smallest absolute Gasteiger partial charge is 0.272 e. The van der Waals surface area contributed by atoms with Gasteiger partial charge in [0.25, 0.3) is 12.0 Å². The summed E-state index contributed by atoms with van der Waals surface area (Å²) in [6.45, 7) is 0. The Morgan fingerprint density at radius 2 is 2.29 bits per heavy atom. The topological polar surface area (TPSA) is 42.1 Å². The zero-order valence-electron chi connectivity index (χ0n) is 7.31. The SMILES string of the molecule is COc1c(CBr)c[nH]c(=O)c1C(F)F. The second-order valence-corrected chi connectivity index (χ2v) is 3.09. The van der Waals surface area contributed by atoms with Crippen molar-refractivity contribution in [3.63, 3.8) is 0 Å². The van der Waals surface area contributed by atoms with Gasteiger partial charge < -0.3 is 9.72 Å². The maximum absolute atomic E-state index is 12.5. The van der Waals surface area contributed by atoms with Gasteiger partial charge in [0.1, 0.15) is 11.3 Å². The molecule has 0 aliphatic heterocycles. The first-order valence-electron chi connectivity index (χ1n) is 3.74. The number of H-pyrrole nitrogens is 1. The van der Waals surface area contributed by atoms with Gasteiger partial charge in [-0.15, -0.1) is 0 Å². The zero-order valence-corrected chi connectivity index (χ0v) is 8.90. The van der Waals surface area contributed by atoms with E-state index < -0.39 is 17.5 Å². The molecular weight excluding hydrogens is 260 g/mol. The molecule has 3 nitrogen and oxygen atoms in total. The summed E-state index contributed by atoms with van der Waals surface area (Å²) in [5.74, 6) is -0.0550. The van der Waals surface area contributed by atoms with Crippen molar-refractivity contribution < 1.29 is 13.5 Å². The second-order valence-electron chi connectivity index (χ2n) is 2.52. The molecule has 0 spiro atoms. The predicted octanol–water partition coefficient (Wildman–Crippen LogP) is 2.22. The van der Waals surface area contributed by atoms with Gasteiger partial charge in [0, 0.05) is 17.1 Å². The fraction of sp³-hybridized carbons (Fsp3) is 0.375. The van der Waals surface area contributed by atoms with E-state index in [1.807, 2.05) is 0 Å². The number of hydrogen-bond acceptors (Lipinski definition) is 2. The van der Waals surface area contributed by atoms with Gasteiger partial charge in [-0.2, -0.15) is 0 Å². The van der Waals surface area contributed by atoms with E-state index in [1.165, 1.54) is 13.3 Å². The molecule has 1 rings (SSSR count). The number of nitrogens with one attached hydrogen (secondary N) is 1. The minimum absolute atomic E-state index is 0.0550. The van der Waals surface area contributed by atoms with Crippen LogP contribution in [0.5, 0.6) is 5.75 Å². The van der Waals surface area contributed by atoms with Gasteiger partial charge in [-0.3, -0.25) is 4.79 Å². The summed E-state index contributed by atoms with van der Waals surface area (Å²) < 4.78 is 29.7. The van der Waals surface area contributed by atoms with E-state index in [-0.39, 0.29) is 5.75 Å². The molecule has 78 valence electrons. The molecule has 14 heavy (non-hydrogen) atoms. The van der Waals surface area contributed by atoms with Gasteiger partial charge in [-0.25, -0.2) is 8.78 Å². The Morgan fingerprint density at radius 1 is 1.64 bits per heavy atom. The van der Waals surface area contributed by atoms with Crippen LogP contribution in [0.4, 0.5) is 8.78 Å². The zero-order chi connectivity index (χ0) is 10.7. The summed E-state index contributed by atoms with van der Waals surface area (Å²) >= 11 is 3.11. The van der Waals surface area contributed by atoms with Crippen molar-refractivity contribution in [1.82, 2.24) is 4.98 Å². The van der Waals surface area contributed by atoms with Crippen LogP contribution in [-0.2, 0) is 5.33 Å². The summed E-state index contributed by atoms with van der Waals surface area (Å²) in [6, 6.07) is 0. The fourth-order valence-electron chi connectivity index (χ4n) is 1.11. The van der Waals surface area contributed by atoms with Crippen molar-refractivity contribution in [2.75, 3.05) is 7.11 Å². The minimum atomic E-state index is -2.84. The summed E-state index contributed by atoms with van der Waals surface area (Å²) in [6.07, 6.45) is -1.49. The fourth-order valence-corrected chi connectivity index (χ4v) is 1.53. The van der Waals surface area contributed by atoms with Crippen molar-refractivity contribution in [3.05, 3.63) is 27.7 Å². The molecule has 0 aliphatic rings. The Hall–Kier alpha value is -0.910. The van der Waals surface area contributed by atoms with E-state index in [9.17, 15) is 13.6 Å². The molecule has 0 aliphatic carbocycles. The number of aromatic nitrogens is 1. The molecule has 0 atom stereocenters. The number of methoxy groups -OCH3 is 1. The Balaban J connectivity index is 3.43. The average molecular weight is 268 g/mol. The first kappa shape index (κ1) is 11.2. The highest BCUT2D eigenvalue weighted by Crippen LogP contribution is 2.29. The number of aromatic amines is 1. The van der Waals surface area contributed by atoms with E-state index in [2.05, 4.69) is 20.9 Å². The molecule has 0 saturated carbocycles. The summed E-state index contributed by atoms with van der Waals surface area (Å²) in [5, 5.41) is 0.340. The number of alkyl halides is 3. The van der Waals surface area contributed by atoms with Crippen LogP contribution in [0.3, 0.4) is 0 Å². The lowest BCUT2D eigenvalue weighted by atomic mass is 10.2. The van der Waals surface area contributed by atoms with Crippen molar-refractivity contribution in [3.8, 4) is 5.75 Å². The highest BCUT2D eigenvalue weighted by atomic mass is 79.9. The number of halogens is 3. The van der Waals surface area contributed by atoms with Crippen LogP contribution in [0, 0.1) is 0 Å². The minimum Gasteiger partial charge on any atom is -0.496 e. The van der Waals surface area contributed by atoms with E-state index >= 15 is 0 Å². The molecule has 0 fully saturated rings. The van der Waals surface area contributed by atoms with Gasteiger partial charge >= 0.3 is 0 Å². The third kappa shape index (κ3) is 1.95. The third-order valence-electron chi connectivity index (χ3n) is 1.72. The molecule has 0 saturated heterocycles. The maximum Gasteiger partial charge on any atom is 0.272 e. The molecule has 1 aromatic rings. The van der Waals surface area contributed by atoms with Crippen molar-refractivity contribution >= 4 is 15.9 Å². The molecule has 1 N–H and O–H groups in total. The number of ether oxygens (including phenoxy) is 1. The summed E-state index contributed by atoms with van der Waals surface area (Å²) in [4.78, 5) is 13.3. The van der Waals surface area contributed by atoms with Gasteiger partial charge in [-0.1, -0.05) is 15.9 Å². The van der Waals surface area contributed by atoms with Crippen LogP contribution in [0.1, 0.15) is 17.6 Å². The van der Waals surface area contributed by atoms with Gasteiger partial charge in [0.2, 0.25) is 0 Å².